The topological polar surface area (TPSA) is 59.4 Å². The Labute approximate surface area is 116 Å². The van der Waals surface area contributed by atoms with Crippen molar-refractivity contribution in [2.45, 2.75) is 13.5 Å². The van der Waals surface area contributed by atoms with Gasteiger partial charge in [0.2, 0.25) is 0 Å². The van der Waals surface area contributed by atoms with Crippen LogP contribution >= 0.6 is 27.3 Å². The number of carbonyl (C=O) groups is 1. The Kier molecular flexibility index (Phi) is 3.98. The zero-order valence-corrected chi connectivity index (χ0v) is 11.9. The number of aromatic nitrogens is 1. The lowest BCUT2D eigenvalue weighted by atomic mass is 10.2. The molecule has 1 heterocycles. The Morgan fingerprint density at radius 3 is 2.94 bits per heavy atom. The van der Waals surface area contributed by atoms with Crippen LogP contribution in [0.2, 0.25) is 0 Å². The summed E-state index contributed by atoms with van der Waals surface area (Å²) < 4.78 is 6.29. The Morgan fingerprint density at radius 2 is 2.33 bits per heavy atom. The van der Waals surface area contributed by atoms with Crippen molar-refractivity contribution in [1.29, 1.82) is 0 Å². The first-order valence-electron chi connectivity index (χ1n) is 5.13. The second-order valence-electron chi connectivity index (χ2n) is 3.62. The second kappa shape index (κ2) is 5.49. The van der Waals surface area contributed by atoms with E-state index in [1.165, 1.54) is 23.5 Å². The van der Waals surface area contributed by atoms with Crippen molar-refractivity contribution < 1.29 is 14.6 Å². The fourth-order valence-electron chi connectivity index (χ4n) is 1.36. The summed E-state index contributed by atoms with van der Waals surface area (Å²) in [4.78, 5) is 15.1. The van der Waals surface area contributed by atoms with E-state index in [4.69, 9.17) is 9.84 Å². The molecule has 1 aromatic carbocycles. The van der Waals surface area contributed by atoms with Crippen molar-refractivity contribution in [2.75, 3.05) is 0 Å². The largest absolute Gasteiger partial charge is 0.485 e. The number of ether oxygens (including phenoxy) is 1. The molecule has 0 aliphatic heterocycles. The van der Waals surface area contributed by atoms with Crippen molar-refractivity contribution >= 4 is 33.2 Å². The van der Waals surface area contributed by atoms with E-state index >= 15 is 0 Å². The number of nitrogens with zero attached hydrogens (tertiary/aromatic N) is 1. The molecular formula is C12H10BrNO3S. The van der Waals surface area contributed by atoms with Gasteiger partial charge in [-0.05, 0) is 41.1 Å². The van der Waals surface area contributed by atoms with Crippen molar-refractivity contribution in [2.24, 2.45) is 0 Å². The molecule has 1 N–H and O–H groups in total. The number of hydrogen-bond acceptors (Lipinski definition) is 4. The van der Waals surface area contributed by atoms with Crippen LogP contribution < -0.4 is 4.74 Å². The predicted octanol–water partition coefficient (Wildman–Crippen LogP) is 3.49. The van der Waals surface area contributed by atoms with Crippen LogP contribution in [0.1, 0.15) is 21.1 Å². The average Bonchev–Trinajstić information content (AvgIpc) is 2.74. The van der Waals surface area contributed by atoms with Gasteiger partial charge < -0.3 is 9.84 Å². The molecule has 0 aliphatic carbocycles. The van der Waals surface area contributed by atoms with E-state index < -0.39 is 5.97 Å². The molecule has 0 atom stereocenters. The molecule has 2 rings (SSSR count). The molecule has 0 saturated heterocycles. The van der Waals surface area contributed by atoms with Gasteiger partial charge >= 0.3 is 5.97 Å². The summed E-state index contributed by atoms with van der Waals surface area (Å²) in [5.41, 5.74) is 1.15. The van der Waals surface area contributed by atoms with Gasteiger partial charge in [-0.1, -0.05) is 0 Å². The fourth-order valence-corrected chi connectivity index (χ4v) is 2.40. The van der Waals surface area contributed by atoms with Crippen molar-refractivity contribution in [3.63, 3.8) is 0 Å². The fraction of sp³-hybridized carbons (Fsp3) is 0.167. The van der Waals surface area contributed by atoms with E-state index in [1.807, 2.05) is 12.3 Å². The monoisotopic (exact) mass is 327 g/mol. The molecule has 6 heteroatoms. The molecule has 0 bridgehead atoms. The van der Waals surface area contributed by atoms with Crippen LogP contribution in [-0.4, -0.2) is 16.1 Å². The number of aryl methyl sites for hydroxylation is 1. The van der Waals surface area contributed by atoms with Crippen LogP contribution in [0.15, 0.2) is 28.1 Å². The standard InChI is InChI=1S/C12H10BrNO3S/c1-7-6-18-11(14-7)5-17-10-4-8(12(15)16)2-3-9(10)13/h2-4,6H,5H2,1H3,(H,15,16). The highest BCUT2D eigenvalue weighted by Crippen LogP contribution is 2.27. The number of carboxylic acid groups (broad SMARTS) is 1. The van der Waals surface area contributed by atoms with Gasteiger partial charge in [0, 0.05) is 11.1 Å². The Morgan fingerprint density at radius 1 is 1.56 bits per heavy atom. The molecule has 0 spiro atoms. The number of hydrogen-bond donors (Lipinski definition) is 1. The lowest BCUT2D eigenvalue weighted by Crippen LogP contribution is -2.00. The maximum Gasteiger partial charge on any atom is 0.335 e. The smallest absolute Gasteiger partial charge is 0.335 e. The lowest BCUT2D eigenvalue weighted by Gasteiger charge is -2.07. The Balaban J connectivity index is 2.13. The van der Waals surface area contributed by atoms with Gasteiger partial charge in [0.05, 0.1) is 10.0 Å². The SMILES string of the molecule is Cc1csc(COc2cc(C(=O)O)ccc2Br)n1. The number of benzene rings is 1. The lowest BCUT2D eigenvalue weighted by molar-refractivity contribution is 0.0696. The van der Waals surface area contributed by atoms with Crippen molar-refractivity contribution in [3.05, 3.63) is 44.3 Å². The normalized spacial score (nSPS) is 10.3. The van der Waals surface area contributed by atoms with Gasteiger partial charge in [-0.15, -0.1) is 11.3 Å². The van der Waals surface area contributed by atoms with Crippen molar-refractivity contribution in [1.82, 2.24) is 4.98 Å². The third-order valence-corrected chi connectivity index (χ3v) is 3.79. The molecule has 0 aliphatic rings. The zero-order valence-electron chi connectivity index (χ0n) is 9.51. The quantitative estimate of drug-likeness (QED) is 0.933. The molecule has 0 amide bonds. The second-order valence-corrected chi connectivity index (χ2v) is 5.42. The minimum atomic E-state index is -0.975. The van der Waals surface area contributed by atoms with Gasteiger partial charge in [0.25, 0.3) is 0 Å². The summed E-state index contributed by atoms with van der Waals surface area (Å²) in [5, 5.41) is 11.7. The molecule has 4 nitrogen and oxygen atoms in total. The van der Waals surface area contributed by atoms with E-state index in [1.54, 1.807) is 6.07 Å². The summed E-state index contributed by atoms with van der Waals surface area (Å²) in [6.45, 7) is 2.25. The molecule has 0 saturated carbocycles. The van der Waals surface area contributed by atoms with Gasteiger partial charge in [-0.25, -0.2) is 9.78 Å². The van der Waals surface area contributed by atoms with Crippen molar-refractivity contribution in [3.8, 4) is 5.75 Å². The molecule has 18 heavy (non-hydrogen) atoms. The van der Waals surface area contributed by atoms with E-state index in [2.05, 4.69) is 20.9 Å². The molecule has 0 unspecified atom stereocenters. The van der Waals surface area contributed by atoms with Crippen LogP contribution in [0.25, 0.3) is 0 Å². The summed E-state index contributed by atoms with van der Waals surface area (Å²) in [6, 6.07) is 4.67. The minimum Gasteiger partial charge on any atom is -0.485 e. The van der Waals surface area contributed by atoms with E-state index in [0.717, 1.165) is 15.2 Å². The number of aromatic carboxylic acids is 1. The van der Waals surface area contributed by atoms with Crippen LogP contribution in [0.5, 0.6) is 5.75 Å². The van der Waals surface area contributed by atoms with Crippen LogP contribution in [0.4, 0.5) is 0 Å². The number of carboxylic acids is 1. The molecule has 0 fully saturated rings. The first kappa shape index (κ1) is 13.0. The average molecular weight is 328 g/mol. The molecule has 94 valence electrons. The van der Waals surface area contributed by atoms with Crippen LogP contribution in [0, 0.1) is 6.92 Å². The number of thiazole rings is 1. The van der Waals surface area contributed by atoms with Crippen LogP contribution in [-0.2, 0) is 6.61 Å². The maximum atomic E-state index is 10.9. The Bertz CT molecular complexity index is 582. The number of halogens is 1. The first-order chi connectivity index (χ1) is 8.56. The van der Waals surface area contributed by atoms with E-state index in [0.29, 0.717) is 12.4 Å². The van der Waals surface area contributed by atoms with Gasteiger partial charge in [0.1, 0.15) is 17.4 Å². The number of rotatable bonds is 4. The highest BCUT2D eigenvalue weighted by molar-refractivity contribution is 9.10. The summed E-state index contributed by atoms with van der Waals surface area (Å²) >= 11 is 4.84. The molecule has 2 aromatic rings. The van der Waals surface area contributed by atoms with E-state index in [9.17, 15) is 4.79 Å². The summed E-state index contributed by atoms with van der Waals surface area (Å²) in [6.07, 6.45) is 0. The molecule has 1 aromatic heterocycles. The van der Waals surface area contributed by atoms with Gasteiger partial charge in [-0.3, -0.25) is 0 Å². The summed E-state index contributed by atoms with van der Waals surface area (Å²) in [7, 11) is 0. The van der Waals surface area contributed by atoms with Gasteiger partial charge in [0.15, 0.2) is 0 Å². The highest BCUT2D eigenvalue weighted by Gasteiger charge is 2.09. The van der Waals surface area contributed by atoms with Gasteiger partial charge in [-0.2, -0.15) is 0 Å². The van der Waals surface area contributed by atoms with Crippen LogP contribution in [0.3, 0.4) is 0 Å². The first-order valence-corrected chi connectivity index (χ1v) is 6.80. The zero-order chi connectivity index (χ0) is 13.1. The highest BCUT2D eigenvalue weighted by atomic mass is 79.9. The predicted molar refractivity (Wildman–Crippen MR) is 72.3 cm³/mol. The third kappa shape index (κ3) is 3.08. The molecule has 0 radical (unpaired) electrons. The molecular weight excluding hydrogens is 318 g/mol. The third-order valence-electron chi connectivity index (χ3n) is 2.20. The minimum absolute atomic E-state index is 0.198. The van der Waals surface area contributed by atoms with E-state index in [-0.39, 0.29) is 5.56 Å². The Hall–Kier alpha value is -1.40. The summed E-state index contributed by atoms with van der Waals surface area (Å²) in [5.74, 6) is -0.472. The maximum absolute atomic E-state index is 10.9.